The van der Waals surface area contributed by atoms with E-state index in [1.807, 2.05) is 6.08 Å². The molecule has 0 saturated heterocycles. The van der Waals surface area contributed by atoms with E-state index in [4.69, 9.17) is 0 Å². The van der Waals surface area contributed by atoms with Gasteiger partial charge in [0, 0.05) is 6.42 Å². The molecule has 0 heterocycles. The Morgan fingerprint density at radius 1 is 0.491 bits per heavy atom. The molecule has 2 unspecified atom stereocenters. The maximum absolute atomic E-state index is 12.6. The third kappa shape index (κ3) is 44.7. The highest BCUT2D eigenvalue weighted by Crippen LogP contribution is 2.15. The number of amides is 1. The Kier molecular flexibility index (Phi) is 41.7. The summed E-state index contributed by atoms with van der Waals surface area (Å²) in [6.45, 7) is 4.43. The van der Waals surface area contributed by atoms with Crippen LogP contribution in [-0.4, -0.2) is 41.9 Å². The van der Waals surface area contributed by atoms with E-state index in [2.05, 4.69) is 79.9 Å². The number of unbranched alkanes of at least 4 members (excludes halogenated alkanes) is 24. The minimum atomic E-state index is -4.36. The van der Waals surface area contributed by atoms with Crippen molar-refractivity contribution < 1.29 is 22.9 Å². The fourth-order valence-electron chi connectivity index (χ4n) is 6.87. The van der Waals surface area contributed by atoms with Gasteiger partial charge in [0.25, 0.3) is 10.1 Å². The summed E-state index contributed by atoms with van der Waals surface area (Å²) in [5.74, 6) is -1.01. The Morgan fingerprint density at radius 3 is 1.32 bits per heavy atom. The standard InChI is InChI=1S/C50H89NO5S/c1-3-5-7-9-11-13-15-17-19-21-23-25-27-29-31-33-35-37-39-41-43-45-49(52)48(47-57(54,55)56)51-50(53)46-44-42-40-38-36-34-32-30-28-26-24-22-20-18-16-14-12-10-8-6-4-2/h6,8,12,14,18,20,24,26,35,37,43,45,48-49,52H,3-5,7,9-11,13,15-17,19,21-23,25,27-34,36,38-42,44,46-47H2,1-2H3,(H,51,53)(H,54,55,56)/b8-6-,14-12-,20-18-,26-24-,37-35+,45-43+. The van der Waals surface area contributed by atoms with E-state index in [0.29, 0.717) is 12.8 Å². The van der Waals surface area contributed by atoms with Gasteiger partial charge in [-0.05, 0) is 70.6 Å². The molecular weight excluding hydrogens is 727 g/mol. The zero-order valence-corrected chi connectivity index (χ0v) is 37.8. The predicted octanol–water partition coefficient (Wildman–Crippen LogP) is 14.6. The van der Waals surface area contributed by atoms with Gasteiger partial charge in [-0.25, -0.2) is 0 Å². The van der Waals surface area contributed by atoms with E-state index in [1.54, 1.807) is 0 Å². The van der Waals surface area contributed by atoms with Crippen LogP contribution in [0.1, 0.15) is 219 Å². The number of hydrogen-bond acceptors (Lipinski definition) is 4. The molecule has 7 heteroatoms. The van der Waals surface area contributed by atoms with Crippen molar-refractivity contribution in [3.63, 3.8) is 0 Å². The molecule has 6 nitrogen and oxygen atoms in total. The lowest BCUT2D eigenvalue weighted by Crippen LogP contribution is -2.46. The number of nitrogens with one attached hydrogen (secondary N) is 1. The first-order valence-corrected chi connectivity index (χ1v) is 25.2. The van der Waals surface area contributed by atoms with E-state index in [0.717, 1.165) is 64.2 Å². The summed E-state index contributed by atoms with van der Waals surface area (Å²) < 4.78 is 32.6. The molecule has 0 fully saturated rings. The van der Waals surface area contributed by atoms with Crippen molar-refractivity contribution in [3.05, 3.63) is 72.9 Å². The number of aliphatic hydroxyl groups is 1. The van der Waals surface area contributed by atoms with Gasteiger partial charge in [0.05, 0.1) is 17.9 Å². The molecule has 0 aliphatic heterocycles. The van der Waals surface area contributed by atoms with Crippen LogP contribution in [0.25, 0.3) is 0 Å². The van der Waals surface area contributed by atoms with Crippen LogP contribution < -0.4 is 5.32 Å². The Morgan fingerprint density at radius 2 is 0.860 bits per heavy atom. The second-order valence-electron chi connectivity index (χ2n) is 16.0. The second-order valence-corrected chi connectivity index (χ2v) is 17.5. The molecule has 0 aliphatic rings. The third-order valence-electron chi connectivity index (χ3n) is 10.4. The number of allylic oxidation sites excluding steroid dienone is 11. The van der Waals surface area contributed by atoms with Crippen molar-refractivity contribution in [1.29, 1.82) is 0 Å². The molecule has 0 saturated carbocycles. The molecule has 3 N–H and O–H groups in total. The Bertz CT molecular complexity index is 1170. The minimum Gasteiger partial charge on any atom is -0.387 e. The van der Waals surface area contributed by atoms with E-state index in [9.17, 15) is 22.9 Å². The summed E-state index contributed by atoms with van der Waals surface area (Å²) in [5, 5.41) is 13.3. The van der Waals surface area contributed by atoms with Gasteiger partial charge in [0.15, 0.2) is 0 Å². The maximum atomic E-state index is 12.6. The van der Waals surface area contributed by atoms with Gasteiger partial charge < -0.3 is 10.4 Å². The minimum absolute atomic E-state index is 0.275. The molecule has 0 rings (SSSR count). The molecule has 0 bridgehead atoms. The first kappa shape index (κ1) is 54.8. The molecule has 0 aromatic heterocycles. The zero-order chi connectivity index (χ0) is 41.8. The Labute approximate surface area is 353 Å². The molecule has 57 heavy (non-hydrogen) atoms. The number of rotatable bonds is 42. The Hall–Kier alpha value is -2.22. The van der Waals surface area contributed by atoms with Crippen LogP contribution >= 0.6 is 0 Å². The third-order valence-corrected chi connectivity index (χ3v) is 11.1. The quantitative estimate of drug-likeness (QED) is 0.0323. The highest BCUT2D eigenvalue weighted by atomic mass is 32.2. The maximum Gasteiger partial charge on any atom is 0.267 e. The average molecular weight is 816 g/mol. The monoisotopic (exact) mass is 816 g/mol. The summed E-state index contributed by atoms with van der Waals surface area (Å²) in [6, 6.07) is -1.08. The molecule has 0 aliphatic carbocycles. The molecule has 2 atom stereocenters. The van der Waals surface area contributed by atoms with Crippen LogP contribution in [0.2, 0.25) is 0 Å². The zero-order valence-electron chi connectivity index (χ0n) is 36.9. The highest BCUT2D eigenvalue weighted by Gasteiger charge is 2.24. The average Bonchev–Trinajstić information content (AvgIpc) is 3.18. The van der Waals surface area contributed by atoms with Gasteiger partial charge >= 0.3 is 0 Å². The SMILES string of the molecule is CC/C=C\C/C=C\C/C=C\C/C=C\CCCCCCCCCCC(=O)NC(CS(=O)(=O)O)C(O)/C=C/CC/C=C/CCCCCCCCCCCCCCCCC. The van der Waals surface area contributed by atoms with Gasteiger partial charge in [-0.1, -0.05) is 215 Å². The normalized spacial score (nSPS) is 13.8. The van der Waals surface area contributed by atoms with Gasteiger partial charge in [0.1, 0.15) is 0 Å². The smallest absolute Gasteiger partial charge is 0.267 e. The lowest BCUT2D eigenvalue weighted by molar-refractivity contribution is -0.122. The topological polar surface area (TPSA) is 104 Å². The van der Waals surface area contributed by atoms with Crippen LogP contribution in [-0.2, 0) is 14.9 Å². The van der Waals surface area contributed by atoms with Crippen LogP contribution in [0, 0.1) is 0 Å². The number of aliphatic hydroxyl groups excluding tert-OH is 1. The predicted molar refractivity (Wildman–Crippen MR) is 248 cm³/mol. The molecular formula is C50H89NO5S. The lowest BCUT2D eigenvalue weighted by atomic mass is 10.0. The molecule has 0 aromatic rings. The molecule has 1 amide bonds. The van der Waals surface area contributed by atoms with E-state index in [1.165, 1.54) is 128 Å². The first-order chi connectivity index (χ1) is 27.8. The number of hydrogen-bond donors (Lipinski definition) is 3. The summed E-state index contributed by atoms with van der Waals surface area (Å²) >= 11 is 0. The van der Waals surface area contributed by atoms with Crippen LogP contribution in [0.15, 0.2) is 72.9 Å². The van der Waals surface area contributed by atoms with Crippen molar-refractivity contribution in [2.75, 3.05) is 5.75 Å². The van der Waals surface area contributed by atoms with Crippen LogP contribution in [0.5, 0.6) is 0 Å². The van der Waals surface area contributed by atoms with Gasteiger partial charge in [-0.2, -0.15) is 8.42 Å². The molecule has 0 spiro atoms. The van der Waals surface area contributed by atoms with E-state index >= 15 is 0 Å². The van der Waals surface area contributed by atoms with Gasteiger partial charge in [0.2, 0.25) is 5.91 Å². The number of carbonyl (C=O) groups excluding carboxylic acids is 1. The fraction of sp³-hybridized carbons (Fsp3) is 0.740. The number of carbonyl (C=O) groups is 1. The summed E-state index contributed by atoms with van der Waals surface area (Å²) in [7, 11) is -4.36. The summed E-state index contributed by atoms with van der Waals surface area (Å²) in [5.41, 5.74) is 0. The summed E-state index contributed by atoms with van der Waals surface area (Å²) in [4.78, 5) is 12.6. The first-order valence-electron chi connectivity index (χ1n) is 23.6. The van der Waals surface area contributed by atoms with E-state index < -0.39 is 28.0 Å². The van der Waals surface area contributed by atoms with Gasteiger partial charge in [-0.3, -0.25) is 9.35 Å². The van der Waals surface area contributed by atoms with Gasteiger partial charge in [-0.15, -0.1) is 0 Å². The van der Waals surface area contributed by atoms with Crippen LogP contribution in [0.3, 0.4) is 0 Å². The van der Waals surface area contributed by atoms with E-state index in [-0.39, 0.29) is 12.3 Å². The lowest BCUT2D eigenvalue weighted by Gasteiger charge is -2.21. The fourth-order valence-corrected chi connectivity index (χ4v) is 7.60. The van der Waals surface area contributed by atoms with Crippen molar-refractivity contribution >= 4 is 16.0 Å². The van der Waals surface area contributed by atoms with Crippen molar-refractivity contribution in [2.45, 2.75) is 231 Å². The molecule has 0 aromatic carbocycles. The molecule has 330 valence electrons. The van der Waals surface area contributed by atoms with Crippen molar-refractivity contribution in [3.8, 4) is 0 Å². The second kappa shape index (κ2) is 43.4. The molecule has 0 radical (unpaired) electrons. The summed E-state index contributed by atoms with van der Waals surface area (Å²) in [6.07, 6.45) is 61.8. The van der Waals surface area contributed by atoms with Crippen LogP contribution in [0.4, 0.5) is 0 Å². The highest BCUT2D eigenvalue weighted by molar-refractivity contribution is 7.85. The Balaban J connectivity index is 3.92. The van der Waals surface area contributed by atoms with Crippen molar-refractivity contribution in [1.82, 2.24) is 5.32 Å². The van der Waals surface area contributed by atoms with Crippen molar-refractivity contribution in [2.24, 2.45) is 0 Å². The largest absolute Gasteiger partial charge is 0.387 e.